The zero-order valence-electron chi connectivity index (χ0n) is 15.1. The van der Waals surface area contributed by atoms with Gasteiger partial charge in [-0.15, -0.1) is 0 Å². The Hall–Kier alpha value is -1.33. The van der Waals surface area contributed by atoms with Crippen LogP contribution in [0, 0.1) is 5.92 Å². The summed E-state index contributed by atoms with van der Waals surface area (Å²) in [6.07, 6.45) is 6.78. The van der Waals surface area contributed by atoms with Gasteiger partial charge in [0.05, 0.1) is 11.0 Å². The first kappa shape index (κ1) is 18.1. The zero-order chi connectivity index (χ0) is 18.1. The van der Waals surface area contributed by atoms with Crippen molar-refractivity contribution in [1.29, 1.82) is 0 Å². The zero-order valence-corrected chi connectivity index (χ0v) is 15.8. The van der Waals surface area contributed by atoms with Crippen molar-refractivity contribution in [3.63, 3.8) is 0 Å². The van der Waals surface area contributed by atoms with E-state index in [2.05, 4.69) is 9.88 Å². The van der Waals surface area contributed by atoms with Gasteiger partial charge in [0.1, 0.15) is 6.17 Å². The quantitative estimate of drug-likeness (QED) is 0.847. The van der Waals surface area contributed by atoms with Crippen LogP contribution in [-0.2, 0) is 0 Å². The summed E-state index contributed by atoms with van der Waals surface area (Å²) in [5, 5.41) is 0.623. The predicted molar refractivity (Wildman–Crippen MR) is 104 cm³/mol. The summed E-state index contributed by atoms with van der Waals surface area (Å²) in [5.41, 5.74) is 1.61. The molecule has 1 N–H and O–H groups in total. The summed E-state index contributed by atoms with van der Waals surface area (Å²) in [5.74, 6) is 0.252. The molecule has 2 aromatic rings. The van der Waals surface area contributed by atoms with Gasteiger partial charge in [0.2, 0.25) is 0 Å². The maximum atomic E-state index is 14.6. The molecule has 4 rings (SSSR count). The molecule has 1 aliphatic carbocycles. The van der Waals surface area contributed by atoms with Crippen LogP contribution < -0.4 is 5.69 Å². The number of alkyl halides is 1. The van der Waals surface area contributed by atoms with E-state index in [1.807, 2.05) is 16.7 Å². The van der Waals surface area contributed by atoms with Crippen LogP contribution in [0.5, 0.6) is 0 Å². The first-order valence-corrected chi connectivity index (χ1v) is 10.3. The molecule has 1 aliphatic heterocycles. The van der Waals surface area contributed by atoms with Gasteiger partial charge in [-0.1, -0.05) is 30.9 Å². The third-order valence-corrected chi connectivity index (χ3v) is 6.43. The number of rotatable bonds is 4. The molecule has 1 saturated heterocycles. The van der Waals surface area contributed by atoms with Gasteiger partial charge >= 0.3 is 5.69 Å². The number of imidazole rings is 1. The van der Waals surface area contributed by atoms with Crippen LogP contribution in [0.4, 0.5) is 4.39 Å². The number of nitrogens with zero attached hydrogens (tertiary/aromatic N) is 2. The number of aromatic nitrogens is 2. The van der Waals surface area contributed by atoms with E-state index in [1.165, 1.54) is 19.3 Å². The second-order valence-electron chi connectivity index (χ2n) is 7.91. The van der Waals surface area contributed by atoms with Crippen LogP contribution >= 0.6 is 11.6 Å². The van der Waals surface area contributed by atoms with Crippen LogP contribution in [0.15, 0.2) is 23.0 Å². The van der Waals surface area contributed by atoms with Gasteiger partial charge in [0.25, 0.3) is 0 Å². The predicted octanol–water partition coefficient (Wildman–Crippen LogP) is 4.54. The Morgan fingerprint density at radius 1 is 1.15 bits per heavy atom. The minimum absolute atomic E-state index is 0.0775. The minimum atomic E-state index is -0.704. The number of fused-ring (bicyclic) bond motifs is 1. The number of H-pyrrole nitrogens is 1. The molecule has 0 bridgehead atoms. The van der Waals surface area contributed by atoms with Crippen LogP contribution in [0.1, 0.15) is 51.0 Å². The molecular weight excluding hydrogens is 353 g/mol. The molecule has 2 heterocycles. The summed E-state index contributed by atoms with van der Waals surface area (Å²) in [6.45, 7) is 2.25. The Bertz CT molecular complexity index is 803. The lowest BCUT2D eigenvalue weighted by Gasteiger charge is -2.35. The van der Waals surface area contributed by atoms with Gasteiger partial charge in [-0.2, -0.15) is 0 Å². The van der Waals surface area contributed by atoms with Crippen molar-refractivity contribution in [1.82, 2.24) is 14.5 Å². The normalized spacial score (nSPS) is 22.1. The van der Waals surface area contributed by atoms with Crippen molar-refractivity contribution in [2.45, 2.75) is 57.2 Å². The molecular formula is C20H27ClFN3O. The van der Waals surface area contributed by atoms with Crippen LogP contribution in [0.2, 0.25) is 5.02 Å². The molecule has 6 heteroatoms. The van der Waals surface area contributed by atoms with E-state index in [-0.39, 0.29) is 17.6 Å². The highest BCUT2D eigenvalue weighted by atomic mass is 35.5. The van der Waals surface area contributed by atoms with Crippen molar-refractivity contribution >= 4 is 22.6 Å². The summed E-state index contributed by atoms with van der Waals surface area (Å²) in [7, 11) is 0. The van der Waals surface area contributed by atoms with Crippen LogP contribution in [0.3, 0.4) is 0 Å². The number of benzene rings is 1. The van der Waals surface area contributed by atoms with E-state index >= 15 is 0 Å². The fraction of sp³-hybridized carbons (Fsp3) is 0.650. The molecule has 1 atom stereocenters. The van der Waals surface area contributed by atoms with Crippen molar-refractivity contribution < 1.29 is 4.39 Å². The Labute approximate surface area is 158 Å². The van der Waals surface area contributed by atoms with Gasteiger partial charge in [-0.05, 0) is 49.8 Å². The SMILES string of the molecule is O=c1[nH]c2cc(Cl)ccc2n1C1CCN(C[C@@H](F)C2CCCCC2)CC1. The van der Waals surface area contributed by atoms with E-state index in [0.717, 1.165) is 49.8 Å². The van der Waals surface area contributed by atoms with Crippen molar-refractivity contribution in [3.05, 3.63) is 33.7 Å². The number of piperidine rings is 1. The molecule has 1 aromatic heterocycles. The van der Waals surface area contributed by atoms with E-state index < -0.39 is 6.17 Å². The number of hydrogen-bond donors (Lipinski definition) is 1. The van der Waals surface area contributed by atoms with Gasteiger partial charge in [-0.25, -0.2) is 9.18 Å². The van der Waals surface area contributed by atoms with Gasteiger partial charge in [0.15, 0.2) is 0 Å². The third-order valence-electron chi connectivity index (χ3n) is 6.19. The number of aromatic amines is 1. The number of nitrogens with one attached hydrogen (secondary N) is 1. The van der Waals surface area contributed by atoms with Crippen molar-refractivity contribution in [2.75, 3.05) is 19.6 Å². The molecule has 142 valence electrons. The lowest BCUT2D eigenvalue weighted by molar-refractivity contribution is 0.0978. The summed E-state index contributed by atoms with van der Waals surface area (Å²) in [4.78, 5) is 17.5. The Morgan fingerprint density at radius 2 is 1.88 bits per heavy atom. The Balaban J connectivity index is 1.39. The van der Waals surface area contributed by atoms with Crippen LogP contribution in [0.25, 0.3) is 11.0 Å². The first-order valence-electron chi connectivity index (χ1n) is 9.88. The summed E-state index contributed by atoms with van der Waals surface area (Å²) in [6, 6.07) is 5.69. The topological polar surface area (TPSA) is 41.0 Å². The summed E-state index contributed by atoms with van der Waals surface area (Å²) < 4.78 is 16.5. The molecule has 2 fully saturated rings. The standard InChI is InChI=1S/C20H27ClFN3O/c21-15-6-7-19-18(12-15)23-20(26)25(19)16-8-10-24(11-9-16)13-17(22)14-4-2-1-3-5-14/h6-7,12,14,16-17H,1-5,8-11,13H2,(H,23,26)/t17-/m1/s1. The molecule has 0 unspecified atom stereocenters. The number of halogens is 2. The maximum absolute atomic E-state index is 14.6. The third kappa shape index (κ3) is 3.70. The largest absolute Gasteiger partial charge is 0.326 e. The molecule has 26 heavy (non-hydrogen) atoms. The molecule has 4 nitrogen and oxygen atoms in total. The van der Waals surface area contributed by atoms with E-state index in [0.29, 0.717) is 11.6 Å². The van der Waals surface area contributed by atoms with Crippen LogP contribution in [-0.4, -0.2) is 40.3 Å². The monoisotopic (exact) mass is 379 g/mol. The molecule has 1 aromatic carbocycles. The Morgan fingerprint density at radius 3 is 2.62 bits per heavy atom. The fourth-order valence-electron chi connectivity index (χ4n) is 4.72. The fourth-order valence-corrected chi connectivity index (χ4v) is 4.89. The smallest absolute Gasteiger partial charge is 0.305 e. The van der Waals surface area contributed by atoms with E-state index in [4.69, 9.17) is 11.6 Å². The average Bonchev–Trinajstić information content (AvgIpc) is 2.98. The molecule has 0 spiro atoms. The lowest BCUT2D eigenvalue weighted by atomic mass is 9.85. The highest BCUT2D eigenvalue weighted by molar-refractivity contribution is 6.31. The maximum Gasteiger partial charge on any atom is 0.326 e. The van der Waals surface area contributed by atoms with Gasteiger partial charge < -0.3 is 9.88 Å². The molecule has 2 aliphatic rings. The van der Waals surface area contributed by atoms with Gasteiger partial charge in [-0.3, -0.25) is 4.57 Å². The average molecular weight is 380 g/mol. The van der Waals surface area contributed by atoms with Crippen molar-refractivity contribution in [3.8, 4) is 0 Å². The molecule has 0 amide bonds. The molecule has 1 saturated carbocycles. The van der Waals surface area contributed by atoms with Crippen molar-refractivity contribution in [2.24, 2.45) is 5.92 Å². The lowest BCUT2D eigenvalue weighted by Crippen LogP contribution is -2.41. The number of hydrogen-bond acceptors (Lipinski definition) is 2. The highest BCUT2D eigenvalue weighted by Gasteiger charge is 2.28. The molecule has 0 radical (unpaired) electrons. The second kappa shape index (κ2) is 7.73. The van der Waals surface area contributed by atoms with Gasteiger partial charge in [0, 0.05) is 30.7 Å². The summed E-state index contributed by atoms with van der Waals surface area (Å²) >= 11 is 6.02. The van der Waals surface area contributed by atoms with E-state index in [9.17, 15) is 9.18 Å². The van der Waals surface area contributed by atoms with E-state index in [1.54, 1.807) is 6.07 Å². The minimum Gasteiger partial charge on any atom is -0.305 e. The Kier molecular flexibility index (Phi) is 5.37. The second-order valence-corrected chi connectivity index (χ2v) is 8.34. The number of likely N-dealkylation sites (tertiary alicyclic amines) is 1. The highest BCUT2D eigenvalue weighted by Crippen LogP contribution is 2.30. The first-order chi connectivity index (χ1) is 12.6.